The summed E-state index contributed by atoms with van der Waals surface area (Å²) < 4.78 is 0. The number of nitrogens with one attached hydrogen (secondary N) is 2. The van der Waals surface area contributed by atoms with Crippen molar-refractivity contribution >= 4 is 5.78 Å². The van der Waals surface area contributed by atoms with Crippen LogP contribution in [-0.4, -0.2) is 18.9 Å². The number of rotatable bonds is 5. The van der Waals surface area contributed by atoms with Gasteiger partial charge in [-0.15, -0.1) is 0 Å². The first-order chi connectivity index (χ1) is 6.16. The Morgan fingerprint density at radius 3 is 2.31 bits per heavy atom. The minimum absolute atomic E-state index is 0.0820. The Morgan fingerprint density at radius 2 is 1.92 bits per heavy atom. The average molecular weight is 188 g/mol. The number of hydrogen-bond acceptors (Lipinski definition) is 5. The number of hydrogen-bond donors (Lipinski definition) is 4. The van der Waals surface area contributed by atoms with E-state index in [9.17, 15) is 4.79 Å². The lowest BCUT2D eigenvalue weighted by molar-refractivity contribution is -0.116. The second kappa shape index (κ2) is 10.9. The minimum Gasteiger partial charge on any atom is -0.400 e. The Hall–Kier alpha value is -1.07. The highest BCUT2D eigenvalue weighted by Crippen LogP contribution is 1.75. The molecule has 6 N–H and O–H groups in total. The van der Waals surface area contributed by atoms with Gasteiger partial charge in [-0.2, -0.15) is 0 Å². The SMILES string of the molecule is CC.CC(=O)CNC/C(N)=C/NN. The largest absolute Gasteiger partial charge is 0.400 e. The fourth-order valence-electron chi connectivity index (χ4n) is 0.541. The van der Waals surface area contributed by atoms with Crippen molar-refractivity contribution in [1.29, 1.82) is 0 Å². The lowest BCUT2D eigenvalue weighted by Gasteiger charge is -2.01. The van der Waals surface area contributed by atoms with Gasteiger partial charge in [0.05, 0.1) is 6.54 Å². The molecular formula is C8H20N4O. The Balaban J connectivity index is 0. The van der Waals surface area contributed by atoms with Crippen LogP contribution < -0.4 is 22.3 Å². The van der Waals surface area contributed by atoms with E-state index in [1.54, 1.807) is 0 Å². The van der Waals surface area contributed by atoms with Gasteiger partial charge in [0.2, 0.25) is 0 Å². The molecule has 5 heteroatoms. The molecule has 0 rings (SSSR count). The summed E-state index contributed by atoms with van der Waals surface area (Å²) in [6.07, 6.45) is 1.47. The molecule has 0 aliphatic rings. The normalized spacial score (nSPS) is 10.0. The fourth-order valence-corrected chi connectivity index (χ4v) is 0.541. The predicted molar refractivity (Wildman–Crippen MR) is 54.5 cm³/mol. The number of ketones is 1. The van der Waals surface area contributed by atoms with Crippen LogP contribution in [0.1, 0.15) is 20.8 Å². The maximum atomic E-state index is 10.4. The van der Waals surface area contributed by atoms with Crippen LogP contribution in [0.4, 0.5) is 0 Å². The van der Waals surface area contributed by atoms with Gasteiger partial charge in [0.1, 0.15) is 5.78 Å². The molecule has 0 heterocycles. The zero-order valence-electron chi connectivity index (χ0n) is 8.55. The van der Waals surface area contributed by atoms with E-state index in [0.29, 0.717) is 18.8 Å². The summed E-state index contributed by atoms with van der Waals surface area (Å²) in [6.45, 7) is 6.30. The summed E-state index contributed by atoms with van der Waals surface area (Å²) in [5, 5.41) is 2.83. The first kappa shape index (κ1) is 14.5. The van der Waals surface area contributed by atoms with Crippen molar-refractivity contribution in [2.24, 2.45) is 11.6 Å². The van der Waals surface area contributed by atoms with E-state index in [2.05, 4.69) is 10.7 Å². The topological polar surface area (TPSA) is 93.2 Å². The van der Waals surface area contributed by atoms with Crippen LogP contribution in [0, 0.1) is 0 Å². The van der Waals surface area contributed by atoms with Crippen LogP contribution in [-0.2, 0) is 4.79 Å². The molecule has 13 heavy (non-hydrogen) atoms. The molecule has 0 fully saturated rings. The molecule has 0 aromatic rings. The second-order valence-corrected chi connectivity index (χ2v) is 2.19. The van der Waals surface area contributed by atoms with Crippen molar-refractivity contribution in [2.45, 2.75) is 20.8 Å². The third kappa shape index (κ3) is 13.9. The van der Waals surface area contributed by atoms with Gasteiger partial charge < -0.3 is 16.5 Å². The monoisotopic (exact) mass is 188 g/mol. The first-order valence-corrected chi connectivity index (χ1v) is 4.27. The minimum atomic E-state index is 0.0820. The highest BCUT2D eigenvalue weighted by Gasteiger charge is 1.92. The maximum Gasteiger partial charge on any atom is 0.143 e. The van der Waals surface area contributed by atoms with Gasteiger partial charge in [-0.3, -0.25) is 10.6 Å². The second-order valence-electron chi connectivity index (χ2n) is 2.19. The highest BCUT2D eigenvalue weighted by molar-refractivity contribution is 5.77. The number of hydrazine groups is 1. The summed E-state index contributed by atoms with van der Waals surface area (Å²) in [7, 11) is 0. The van der Waals surface area contributed by atoms with Crippen LogP contribution in [0.3, 0.4) is 0 Å². The smallest absolute Gasteiger partial charge is 0.143 e. The fraction of sp³-hybridized carbons (Fsp3) is 0.625. The van der Waals surface area contributed by atoms with Crippen LogP contribution in [0.15, 0.2) is 11.9 Å². The molecule has 78 valence electrons. The average Bonchev–Trinajstić information content (AvgIpc) is 2.08. The molecule has 0 radical (unpaired) electrons. The standard InChI is InChI=1S/C6H14N4O.C2H6/c1-5(11)2-9-3-6(7)4-10-8;1-2/h4,9-10H,2-3,7-8H2,1H3;1-2H3/b6-4-;. The van der Waals surface area contributed by atoms with Crippen molar-refractivity contribution in [2.75, 3.05) is 13.1 Å². The van der Waals surface area contributed by atoms with E-state index in [1.807, 2.05) is 13.8 Å². The van der Waals surface area contributed by atoms with E-state index < -0.39 is 0 Å². The van der Waals surface area contributed by atoms with E-state index in [0.717, 1.165) is 0 Å². The van der Waals surface area contributed by atoms with E-state index >= 15 is 0 Å². The van der Waals surface area contributed by atoms with Gasteiger partial charge in [0.25, 0.3) is 0 Å². The third-order valence-corrected chi connectivity index (χ3v) is 0.972. The Kier molecular flexibility index (Phi) is 12.2. The quantitative estimate of drug-likeness (QED) is 0.343. The first-order valence-electron chi connectivity index (χ1n) is 4.27. The number of nitrogens with two attached hydrogens (primary N) is 2. The van der Waals surface area contributed by atoms with Gasteiger partial charge in [-0.1, -0.05) is 13.8 Å². The molecule has 0 amide bonds. The van der Waals surface area contributed by atoms with Crippen molar-refractivity contribution in [3.8, 4) is 0 Å². The summed E-state index contributed by atoms with van der Waals surface area (Å²) in [4.78, 5) is 10.4. The van der Waals surface area contributed by atoms with Gasteiger partial charge in [-0.25, -0.2) is 0 Å². The van der Waals surface area contributed by atoms with Crippen molar-refractivity contribution < 1.29 is 4.79 Å². The van der Waals surface area contributed by atoms with Crippen molar-refractivity contribution in [1.82, 2.24) is 10.7 Å². The number of carbonyl (C=O) groups excluding carboxylic acids is 1. The summed E-state index contributed by atoms with van der Waals surface area (Å²) in [5.74, 6) is 5.04. The summed E-state index contributed by atoms with van der Waals surface area (Å²) in [5.41, 5.74) is 8.27. The van der Waals surface area contributed by atoms with Crippen molar-refractivity contribution in [3.63, 3.8) is 0 Å². The molecule has 0 aromatic heterocycles. The van der Waals surface area contributed by atoms with Crippen LogP contribution in [0.2, 0.25) is 0 Å². The molecule has 0 unspecified atom stereocenters. The molecule has 0 aliphatic carbocycles. The third-order valence-electron chi connectivity index (χ3n) is 0.972. The molecule has 0 bridgehead atoms. The van der Waals surface area contributed by atoms with Crippen LogP contribution in [0.5, 0.6) is 0 Å². The van der Waals surface area contributed by atoms with Crippen LogP contribution in [0.25, 0.3) is 0 Å². The zero-order valence-corrected chi connectivity index (χ0v) is 8.55. The molecule has 0 atom stereocenters. The van der Waals surface area contributed by atoms with Crippen molar-refractivity contribution in [3.05, 3.63) is 11.9 Å². The van der Waals surface area contributed by atoms with Crippen LogP contribution >= 0.6 is 0 Å². The molecule has 0 spiro atoms. The molecule has 5 nitrogen and oxygen atoms in total. The number of Topliss-reactive ketones (excluding diaryl/α,β-unsaturated/α-hetero) is 1. The zero-order chi connectivity index (χ0) is 10.7. The van der Waals surface area contributed by atoms with Gasteiger partial charge in [-0.05, 0) is 6.92 Å². The van der Waals surface area contributed by atoms with E-state index in [4.69, 9.17) is 11.6 Å². The summed E-state index contributed by atoms with van der Waals surface area (Å²) >= 11 is 0. The van der Waals surface area contributed by atoms with E-state index in [1.165, 1.54) is 13.1 Å². The van der Waals surface area contributed by atoms with Gasteiger partial charge >= 0.3 is 0 Å². The molecule has 0 saturated heterocycles. The summed E-state index contributed by atoms with van der Waals surface area (Å²) in [6, 6.07) is 0. The lowest BCUT2D eigenvalue weighted by atomic mass is 10.4. The van der Waals surface area contributed by atoms with Gasteiger partial charge in [0, 0.05) is 18.4 Å². The Morgan fingerprint density at radius 1 is 1.38 bits per heavy atom. The Labute approximate surface area is 79.5 Å². The number of carbonyl (C=O) groups is 1. The lowest BCUT2D eigenvalue weighted by Crippen LogP contribution is -2.27. The maximum absolute atomic E-state index is 10.4. The highest BCUT2D eigenvalue weighted by atomic mass is 16.1. The van der Waals surface area contributed by atoms with Gasteiger partial charge in [0.15, 0.2) is 0 Å². The predicted octanol–water partition coefficient (Wildman–Crippen LogP) is -0.545. The molecular weight excluding hydrogens is 168 g/mol. The van der Waals surface area contributed by atoms with E-state index in [-0.39, 0.29) is 5.78 Å². The Bertz CT molecular complexity index is 156. The molecule has 0 aromatic carbocycles. The molecule has 0 aliphatic heterocycles. The molecule has 0 saturated carbocycles.